The molecule has 0 bridgehead atoms. The number of ether oxygens (including phenoxy) is 2. The van der Waals surface area contributed by atoms with Crippen LogP contribution in [0.25, 0.3) is 10.2 Å². The summed E-state index contributed by atoms with van der Waals surface area (Å²) in [6.07, 6.45) is 4.30. The molecule has 5 heterocycles. The highest BCUT2D eigenvalue weighted by atomic mass is 32.1. The summed E-state index contributed by atoms with van der Waals surface area (Å²) >= 11 is 1.50. The Balaban J connectivity index is 1.28. The van der Waals surface area contributed by atoms with Crippen molar-refractivity contribution in [3.05, 3.63) is 51.7 Å². The van der Waals surface area contributed by atoms with Crippen LogP contribution in [-0.2, 0) is 20.0 Å². The van der Waals surface area contributed by atoms with Crippen molar-refractivity contribution in [2.45, 2.75) is 45.2 Å². The zero-order valence-corrected chi connectivity index (χ0v) is 23.4. The van der Waals surface area contributed by atoms with Crippen LogP contribution < -0.4 is 9.47 Å². The van der Waals surface area contributed by atoms with Gasteiger partial charge in [-0.3, -0.25) is 14.4 Å². The molecule has 0 aliphatic carbocycles. The molecule has 3 amide bonds. The Hall–Kier alpha value is -3.53. The van der Waals surface area contributed by atoms with Crippen molar-refractivity contribution < 1.29 is 19.1 Å². The van der Waals surface area contributed by atoms with Crippen LogP contribution in [0.2, 0.25) is 0 Å². The lowest BCUT2D eigenvalue weighted by Crippen LogP contribution is -2.54. The number of piperidine rings is 1. The minimum Gasteiger partial charge on any atom is -0.497 e. The highest BCUT2D eigenvalue weighted by Crippen LogP contribution is 2.47. The van der Waals surface area contributed by atoms with Crippen molar-refractivity contribution in [2.24, 2.45) is 7.05 Å². The molecule has 200 valence electrons. The SMILES string of the molecule is CCN1C(=O)N2Cc3cc(OC)cc(OC)c3CC=C2C12CCN(C(=O)c1cc3c(C)nn(C)c3s1)CC2. The van der Waals surface area contributed by atoms with Gasteiger partial charge >= 0.3 is 6.03 Å². The molecule has 2 aromatic heterocycles. The van der Waals surface area contributed by atoms with Crippen molar-refractivity contribution >= 4 is 33.5 Å². The van der Waals surface area contributed by atoms with Crippen LogP contribution in [0.5, 0.6) is 11.5 Å². The second kappa shape index (κ2) is 9.04. The largest absolute Gasteiger partial charge is 0.497 e. The number of urea groups is 1. The molecule has 9 nitrogen and oxygen atoms in total. The maximum absolute atomic E-state index is 13.7. The fourth-order valence-corrected chi connectivity index (χ4v) is 7.59. The lowest BCUT2D eigenvalue weighted by atomic mass is 9.83. The Bertz CT molecular complexity index is 1450. The van der Waals surface area contributed by atoms with Gasteiger partial charge in [-0.1, -0.05) is 6.08 Å². The van der Waals surface area contributed by atoms with Crippen molar-refractivity contribution in [1.82, 2.24) is 24.5 Å². The smallest absolute Gasteiger partial charge is 0.325 e. The number of allylic oxidation sites excluding steroid dienone is 1. The lowest BCUT2D eigenvalue weighted by molar-refractivity contribution is 0.0580. The fraction of sp³-hybridized carbons (Fsp3) is 0.464. The maximum atomic E-state index is 13.7. The summed E-state index contributed by atoms with van der Waals surface area (Å²) in [4.78, 5) is 34.9. The van der Waals surface area contributed by atoms with E-state index in [-0.39, 0.29) is 11.9 Å². The van der Waals surface area contributed by atoms with E-state index in [0.717, 1.165) is 49.1 Å². The van der Waals surface area contributed by atoms with E-state index < -0.39 is 5.54 Å². The van der Waals surface area contributed by atoms with Gasteiger partial charge in [-0.25, -0.2) is 4.79 Å². The number of rotatable bonds is 4. The zero-order valence-electron chi connectivity index (χ0n) is 22.5. The molecule has 0 unspecified atom stereocenters. The molecular formula is C28H33N5O4S. The number of carbonyl (C=O) groups is 2. The van der Waals surface area contributed by atoms with E-state index in [9.17, 15) is 9.59 Å². The maximum Gasteiger partial charge on any atom is 0.325 e. The van der Waals surface area contributed by atoms with Gasteiger partial charge in [-0.15, -0.1) is 11.3 Å². The Morgan fingerprint density at radius 3 is 2.58 bits per heavy atom. The van der Waals surface area contributed by atoms with Gasteiger partial charge in [0.1, 0.15) is 16.3 Å². The predicted octanol–water partition coefficient (Wildman–Crippen LogP) is 4.33. The Labute approximate surface area is 226 Å². The summed E-state index contributed by atoms with van der Waals surface area (Å²) in [6, 6.07) is 5.91. The van der Waals surface area contributed by atoms with Crippen molar-refractivity contribution in [2.75, 3.05) is 33.9 Å². The topological polar surface area (TPSA) is 80.1 Å². The number of fused-ring (bicyclic) bond motifs is 4. The van der Waals surface area contributed by atoms with Gasteiger partial charge < -0.3 is 19.3 Å². The summed E-state index contributed by atoms with van der Waals surface area (Å²) in [5.74, 6) is 1.56. The van der Waals surface area contributed by atoms with Gasteiger partial charge in [0.15, 0.2) is 0 Å². The minimum atomic E-state index is -0.414. The van der Waals surface area contributed by atoms with E-state index in [4.69, 9.17) is 9.47 Å². The second-order valence-corrected chi connectivity index (χ2v) is 11.3. The molecule has 1 aromatic carbocycles. The summed E-state index contributed by atoms with van der Waals surface area (Å²) in [5.41, 5.74) is 3.70. The molecule has 0 N–H and O–H groups in total. The molecule has 10 heteroatoms. The van der Waals surface area contributed by atoms with Gasteiger partial charge in [0, 0.05) is 49.4 Å². The van der Waals surface area contributed by atoms with Crippen molar-refractivity contribution in [3.8, 4) is 11.5 Å². The van der Waals surface area contributed by atoms with Crippen LogP contribution in [0.4, 0.5) is 4.79 Å². The standard InChI is InChI=1S/C28H33N5O4S/c1-6-33-27(35)32-16-18-13-19(36-4)14-22(37-5)20(18)7-8-24(32)28(33)9-11-31(12-10-28)25(34)23-15-21-17(2)29-30(3)26(21)38-23/h8,13-15H,6-7,9-12,16H2,1-5H3. The minimum absolute atomic E-state index is 0.0284. The molecule has 38 heavy (non-hydrogen) atoms. The van der Waals surface area contributed by atoms with Crippen molar-refractivity contribution in [1.29, 1.82) is 0 Å². The number of benzene rings is 1. The molecular weight excluding hydrogens is 502 g/mol. The van der Waals surface area contributed by atoms with Crippen LogP contribution in [0.3, 0.4) is 0 Å². The molecule has 6 rings (SSSR count). The first kappa shape index (κ1) is 24.8. The summed E-state index contributed by atoms with van der Waals surface area (Å²) in [7, 11) is 5.22. The van der Waals surface area contributed by atoms with E-state index in [1.54, 1.807) is 14.2 Å². The number of likely N-dealkylation sites (N-methyl/N-ethyl adjacent to an activating group) is 1. The van der Waals surface area contributed by atoms with Crippen LogP contribution in [0.1, 0.15) is 46.3 Å². The third kappa shape index (κ3) is 3.53. The highest BCUT2D eigenvalue weighted by Gasteiger charge is 2.54. The molecule has 2 saturated heterocycles. The van der Waals surface area contributed by atoms with E-state index in [0.29, 0.717) is 45.4 Å². The summed E-state index contributed by atoms with van der Waals surface area (Å²) < 4.78 is 13.0. The number of aryl methyl sites for hydroxylation is 2. The van der Waals surface area contributed by atoms with Gasteiger partial charge in [0.2, 0.25) is 0 Å². The number of amides is 3. The zero-order chi connectivity index (χ0) is 26.8. The number of nitrogens with zero attached hydrogens (tertiary/aromatic N) is 5. The lowest BCUT2D eigenvalue weighted by Gasteiger charge is -2.44. The average molecular weight is 536 g/mol. The first-order valence-electron chi connectivity index (χ1n) is 13.1. The van der Waals surface area contributed by atoms with Crippen LogP contribution in [0.15, 0.2) is 30.0 Å². The molecule has 2 fully saturated rings. The van der Waals surface area contributed by atoms with E-state index in [2.05, 4.69) is 11.2 Å². The number of hydrogen-bond acceptors (Lipinski definition) is 6. The van der Waals surface area contributed by atoms with Gasteiger partial charge in [0.25, 0.3) is 5.91 Å². The summed E-state index contributed by atoms with van der Waals surface area (Å²) in [5, 5.41) is 5.50. The third-order valence-electron chi connectivity index (χ3n) is 8.41. The van der Waals surface area contributed by atoms with Crippen molar-refractivity contribution in [3.63, 3.8) is 0 Å². The molecule has 3 aliphatic heterocycles. The highest BCUT2D eigenvalue weighted by molar-refractivity contribution is 7.20. The predicted molar refractivity (Wildman–Crippen MR) is 146 cm³/mol. The molecule has 3 aromatic rings. The molecule has 0 saturated carbocycles. The first-order chi connectivity index (χ1) is 18.3. The molecule has 3 aliphatic rings. The monoisotopic (exact) mass is 535 g/mol. The Morgan fingerprint density at radius 2 is 1.92 bits per heavy atom. The van der Waals surface area contributed by atoms with Gasteiger partial charge in [-0.2, -0.15) is 5.10 Å². The Morgan fingerprint density at radius 1 is 1.16 bits per heavy atom. The number of carbonyl (C=O) groups excluding carboxylic acids is 2. The fourth-order valence-electron chi connectivity index (χ4n) is 6.50. The van der Waals surface area contributed by atoms with E-state index in [1.165, 1.54) is 11.3 Å². The quantitative estimate of drug-likeness (QED) is 0.497. The molecule has 0 atom stereocenters. The average Bonchev–Trinajstić information content (AvgIpc) is 3.48. The first-order valence-corrected chi connectivity index (χ1v) is 13.9. The molecule has 1 spiro atoms. The third-order valence-corrected chi connectivity index (χ3v) is 9.60. The van der Waals surface area contributed by atoms with Crippen LogP contribution >= 0.6 is 11.3 Å². The van der Waals surface area contributed by atoms with Gasteiger partial charge in [0.05, 0.1) is 36.9 Å². The number of likely N-dealkylation sites (tertiary alicyclic amines) is 1. The number of methoxy groups -OCH3 is 2. The number of hydrogen-bond donors (Lipinski definition) is 0. The molecule has 0 radical (unpaired) electrons. The Kier molecular flexibility index (Phi) is 5.90. The van der Waals surface area contributed by atoms with Crippen LogP contribution in [0, 0.1) is 6.92 Å². The van der Waals surface area contributed by atoms with Gasteiger partial charge in [-0.05, 0) is 50.8 Å². The normalized spacial score (nSPS) is 18.5. The van der Waals surface area contributed by atoms with Crippen LogP contribution in [-0.4, -0.2) is 75.8 Å². The second-order valence-electron chi connectivity index (χ2n) is 10.2. The summed E-state index contributed by atoms with van der Waals surface area (Å²) in [6.45, 7) is 6.31. The number of aromatic nitrogens is 2. The number of thiophene rings is 1. The van der Waals surface area contributed by atoms with E-state index in [1.807, 2.05) is 58.5 Å². The van der Waals surface area contributed by atoms with E-state index >= 15 is 0 Å².